The standard InChI is InChI=1S/C11H15NO.C2H6/c1-3-12-11-5-4-9(2)8-10(11)6-7-13;1-2/h4-5,7-8,12H,3,6H2,1-2H3;1-2H3. The predicted octanol–water partition coefficient (Wildman–Crippen LogP) is 3.19. The monoisotopic (exact) mass is 207 g/mol. The zero-order valence-electron chi connectivity index (χ0n) is 10.1. The summed E-state index contributed by atoms with van der Waals surface area (Å²) in [5.74, 6) is 0. The van der Waals surface area contributed by atoms with Crippen molar-refractivity contribution in [2.75, 3.05) is 11.9 Å². The van der Waals surface area contributed by atoms with E-state index in [-0.39, 0.29) is 0 Å². The summed E-state index contributed by atoms with van der Waals surface area (Å²) in [6, 6.07) is 6.12. The zero-order chi connectivity index (χ0) is 11.7. The summed E-state index contributed by atoms with van der Waals surface area (Å²) >= 11 is 0. The molecule has 15 heavy (non-hydrogen) atoms. The zero-order valence-corrected chi connectivity index (χ0v) is 10.1. The maximum atomic E-state index is 10.4. The number of aryl methyl sites for hydroxylation is 1. The molecule has 1 aromatic carbocycles. The van der Waals surface area contributed by atoms with Crippen LogP contribution in [0.4, 0.5) is 5.69 Å². The highest BCUT2D eigenvalue weighted by molar-refractivity contribution is 5.63. The van der Waals surface area contributed by atoms with Gasteiger partial charge in [-0.1, -0.05) is 31.5 Å². The molecule has 2 nitrogen and oxygen atoms in total. The molecule has 0 atom stereocenters. The van der Waals surface area contributed by atoms with E-state index in [1.807, 2.05) is 45.9 Å². The first-order valence-corrected chi connectivity index (χ1v) is 5.55. The molecule has 0 bridgehead atoms. The van der Waals surface area contributed by atoms with E-state index in [9.17, 15) is 4.79 Å². The number of hydrogen-bond acceptors (Lipinski definition) is 2. The highest BCUT2D eigenvalue weighted by atomic mass is 16.1. The van der Waals surface area contributed by atoms with Crippen molar-refractivity contribution in [1.29, 1.82) is 0 Å². The van der Waals surface area contributed by atoms with Gasteiger partial charge in [0.25, 0.3) is 0 Å². The third-order valence-corrected chi connectivity index (χ3v) is 1.93. The van der Waals surface area contributed by atoms with Crippen molar-refractivity contribution in [1.82, 2.24) is 0 Å². The molecule has 0 saturated carbocycles. The van der Waals surface area contributed by atoms with Gasteiger partial charge in [0.05, 0.1) is 0 Å². The summed E-state index contributed by atoms with van der Waals surface area (Å²) < 4.78 is 0. The summed E-state index contributed by atoms with van der Waals surface area (Å²) in [7, 11) is 0. The molecule has 0 aliphatic heterocycles. The van der Waals surface area contributed by atoms with Crippen LogP contribution in [0, 0.1) is 6.92 Å². The number of anilines is 1. The fourth-order valence-electron chi connectivity index (χ4n) is 1.34. The van der Waals surface area contributed by atoms with E-state index in [0.29, 0.717) is 6.42 Å². The van der Waals surface area contributed by atoms with Crippen LogP contribution in [-0.2, 0) is 11.2 Å². The SMILES string of the molecule is CC.CCNc1ccc(C)cc1CC=O. The molecular weight excluding hydrogens is 186 g/mol. The Balaban J connectivity index is 0.000000921. The maximum absolute atomic E-state index is 10.4. The maximum Gasteiger partial charge on any atom is 0.124 e. The molecule has 1 rings (SSSR count). The van der Waals surface area contributed by atoms with Crippen LogP contribution < -0.4 is 5.32 Å². The van der Waals surface area contributed by atoms with Crippen LogP contribution in [0.1, 0.15) is 31.9 Å². The molecule has 0 aromatic heterocycles. The van der Waals surface area contributed by atoms with Crippen molar-refractivity contribution in [3.63, 3.8) is 0 Å². The quantitative estimate of drug-likeness (QED) is 0.768. The van der Waals surface area contributed by atoms with Crippen molar-refractivity contribution in [3.8, 4) is 0 Å². The number of carbonyl (C=O) groups is 1. The van der Waals surface area contributed by atoms with Gasteiger partial charge >= 0.3 is 0 Å². The van der Waals surface area contributed by atoms with Gasteiger partial charge in [-0.2, -0.15) is 0 Å². The Bertz CT molecular complexity index is 295. The molecule has 0 aliphatic carbocycles. The third kappa shape index (κ3) is 4.63. The minimum absolute atomic E-state index is 0.490. The van der Waals surface area contributed by atoms with Crippen LogP contribution >= 0.6 is 0 Å². The highest BCUT2D eigenvalue weighted by Gasteiger charge is 2.00. The number of nitrogens with one attached hydrogen (secondary N) is 1. The second-order valence-electron chi connectivity index (χ2n) is 3.06. The number of carbonyl (C=O) groups excluding carboxylic acids is 1. The molecule has 0 amide bonds. The van der Waals surface area contributed by atoms with Gasteiger partial charge in [-0.15, -0.1) is 0 Å². The lowest BCUT2D eigenvalue weighted by molar-refractivity contribution is -0.107. The number of rotatable bonds is 4. The highest BCUT2D eigenvalue weighted by Crippen LogP contribution is 2.16. The lowest BCUT2D eigenvalue weighted by Crippen LogP contribution is -2.01. The number of benzene rings is 1. The normalized spacial score (nSPS) is 8.80. The fourth-order valence-corrected chi connectivity index (χ4v) is 1.34. The van der Waals surface area contributed by atoms with Crippen molar-refractivity contribution >= 4 is 12.0 Å². The van der Waals surface area contributed by atoms with Crippen molar-refractivity contribution in [2.24, 2.45) is 0 Å². The average Bonchev–Trinajstić information content (AvgIpc) is 2.26. The lowest BCUT2D eigenvalue weighted by atomic mass is 10.1. The molecule has 1 N–H and O–H groups in total. The molecular formula is C13H21NO. The first-order chi connectivity index (χ1) is 7.27. The van der Waals surface area contributed by atoms with E-state index in [1.165, 1.54) is 5.56 Å². The van der Waals surface area contributed by atoms with Gasteiger partial charge < -0.3 is 10.1 Å². The van der Waals surface area contributed by atoms with Crippen molar-refractivity contribution < 1.29 is 4.79 Å². The summed E-state index contributed by atoms with van der Waals surface area (Å²) in [5.41, 5.74) is 3.34. The second kappa shape index (κ2) is 8.04. The van der Waals surface area contributed by atoms with E-state index in [1.54, 1.807) is 0 Å². The Labute approximate surface area is 92.7 Å². The lowest BCUT2D eigenvalue weighted by Gasteiger charge is -2.09. The number of aldehydes is 1. The van der Waals surface area contributed by atoms with Crippen LogP contribution in [0.15, 0.2) is 18.2 Å². The third-order valence-electron chi connectivity index (χ3n) is 1.93. The first kappa shape index (κ1) is 13.7. The van der Waals surface area contributed by atoms with Gasteiger partial charge in [-0.3, -0.25) is 0 Å². The van der Waals surface area contributed by atoms with Crippen LogP contribution in [0.5, 0.6) is 0 Å². The van der Waals surface area contributed by atoms with E-state index in [4.69, 9.17) is 0 Å². The van der Waals surface area contributed by atoms with Crippen LogP contribution in [0.2, 0.25) is 0 Å². The molecule has 0 spiro atoms. The topological polar surface area (TPSA) is 29.1 Å². The smallest absolute Gasteiger partial charge is 0.124 e. The Morgan fingerprint density at radius 1 is 1.33 bits per heavy atom. The second-order valence-corrected chi connectivity index (χ2v) is 3.06. The molecule has 0 unspecified atom stereocenters. The molecule has 0 fully saturated rings. The van der Waals surface area contributed by atoms with Gasteiger partial charge in [0.2, 0.25) is 0 Å². The Hall–Kier alpha value is -1.31. The van der Waals surface area contributed by atoms with E-state index in [0.717, 1.165) is 24.1 Å². The first-order valence-electron chi connectivity index (χ1n) is 5.55. The van der Waals surface area contributed by atoms with Crippen LogP contribution in [0.3, 0.4) is 0 Å². The molecule has 84 valence electrons. The minimum atomic E-state index is 0.490. The summed E-state index contributed by atoms with van der Waals surface area (Å²) in [4.78, 5) is 10.4. The van der Waals surface area contributed by atoms with Gasteiger partial charge in [-0.05, 0) is 25.5 Å². The summed E-state index contributed by atoms with van der Waals surface area (Å²) in [5, 5.41) is 3.23. The Morgan fingerprint density at radius 3 is 2.53 bits per heavy atom. The number of hydrogen-bond donors (Lipinski definition) is 1. The average molecular weight is 207 g/mol. The van der Waals surface area contributed by atoms with Gasteiger partial charge in [0.1, 0.15) is 6.29 Å². The van der Waals surface area contributed by atoms with E-state index < -0.39 is 0 Å². The van der Waals surface area contributed by atoms with E-state index in [2.05, 4.69) is 5.32 Å². The molecule has 0 radical (unpaired) electrons. The molecule has 0 saturated heterocycles. The largest absolute Gasteiger partial charge is 0.385 e. The molecule has 0 aliphatic rings. The van der Waals surface area contributed by atoms with E-state index >= 15 is 0 Å². The molecule has 2 heteroatoms. The molecule has 1 aromatic rings. The Kier molecular flexibility index (Phi) is 7.33. The summed E-state index contributed by atoms with van der Waals surface area (Å²) in [6.45, 7) is 8.96. The van der Waals surface area contributed by atoms with Crippen molar-refractivity contribution in [2.45, 2.75) is 34.1 Å². The predicted molar refractivity (Wildman–Crippen MR) is 66.5 cm³/mol. The molecule has 0 heterocycles. The minimum Gasteiger partial charge on any atom is -0.385 e. The Morgan fingerprint density at radius 2 is 2.00 bits per heavy atom. The van der Waals surface area contributed by atoms with Gasteiger partial charge in [0.15, 0.2) is 0 Å². The van der Waals surface area contributed by atoms with Crippen LogP contribution in [-0.4, -0.2) is 12.8 Å². The van der Waals surface area contributed by atoms with Crippen LogP contribution in [0.25, 0.3) is 0 Å². The van der Waals surface area contributed by atoms with Crippen molar-refractivity contribution in [3.05, 3.63) is 29.3 Å². The van der Waals surface area contributed by atoms with Gasteiger partial charge in [0, 0.05) is 18.7 Å². The van der Waals surface area contributed by atoms with Gasteiger partial charge in [-0.25, -0.2) is 0 Å². The summed E-state index contributed by atoms with van der Waals surface area (Å²) in [6.07, 6.45) is 1.43. The fraction of sp³-hybridized carbons (Fsp3) is 0.462.